The van der Waals surface area contributed by atoms with Gasteiger partial charge in [0.25, 0.3) is 0 Å². The van der Waals surface area contributed by atoms with E-state index in [0.717, 1.165) is 48.7 Å². The lowest BCUT2D eigenvalue weighted by Crippen LogP contribution is -2.48. The molecule has 1 aliphatic rings. The molecule has 1 aliphatic carbocycles. The highest BCUT2D eigenvalue weighted by molar-refractivity contribution is 5.58. The average Bonchev–Trinajstić information content (AvgIpc) is 2.37. The van der Waals surface area contributed by atoms with E-state index in [9.17, 15) is 5.11 Å². The molecule has 0 unspecified atom stereocenters. The van der Waals surface area contributed by atoms with Gasteiger partial charge in [0.2, 0.25) is 0 Å². The molecule has 1 fully saturated rings. The summed E-state index contributed by atoms with van der Waals surface area (Å²) in [4.78, 5) is 9.13. The number of aliphatic hydroxyl groups is 1. The van der Waals surface area contributed by atoms with E-state index in [2.05, 4.69) is 27.5 Å². The molecular weight excluding hydrogens is 240 g/mol. The minimum atomic E-state index is -0.173. The van der Waals surface area contributed by atoms with Gasteiger partial charge in [0.05, 0.1) is 12.1 Å². The number of hydrogen-bond acceptors (Lipinski definition) is 5. The van der Waals surface area contributed by atoms with Crippen LogP contribution >= 0.6 is 0 Å². The molecule has 1 aromatic heterocycles. The first-order chi connectivity index (χ1) is 9.14. The number of hydrogen-bond donors (Lipinski definition) is 3. The van der Waals surface area contributed by atoms with E-state index in [4.69, 9.17) is 0 Å². The molecule has 5 heteroatoms. The zero-order valence-corrected chi connectivity index (χ0v) is 12.1. The van der Waals surface area contributed by atoms with Crippen LogP contribution in [-0.2, 0) is 6.42 Å². The van der Waals surface area contributed by atoms with Gasteiger partial charge >= 0.3 is 0 Å². The maximum atomic E-state index is 9.57. The smallest absolute Gasteiger partial charge is 0.135 e. The number of aromatic nitrogens is 2. The van der Waals surface area contributed by atoms with Crippen LogP contribution in [0.5, 0.6) is 0 Å². The molecule has 1 saturated carbocycles. The lowest BCUT2D eigenvalue weighted by atomic mass is 9.77. The van der Waals surface area contributed by atoms with Crippen molar-refractivity contribution in [2.75, 3.05) is 24.3 Å². The minimum absolute atomic E-state index is 0.161. The van der Waals surface area contributed by atoms with Crippen LogP contribution in [0.15, 0.2) is 0 Å². The van der Waals surface area contributed by atoms with Crippen molar-refractivity contribution in [2.45, 2.75) is 51.5 Å². The molecule has 19 heavy (non-hydrogen) atoms. The summed E-state index contributed by atoms with van der Waals surface area (Å²) < 4.78 is 0. The second kappa shape index (κ2) is 5.74. The fourth-order valence-corrected chi connectivity index (χ4v) is 2.44. The summed E-state index contributed by atoms with van der Waals surface area (Å²) in [5.41, 5.74) is 0.843. The lowest BCUT2D eigenvalue weighted by molar-refractivity contribution is 0.143. The number of aliphatic hydroxyl groups excluding tert-OH is 1. The minimum Gasteiger partial charge on any atom is -0.394 e. The first-order valence-corrected chi connectivity index (χ1v) is 7.08. The van der Waals surface area contributed by atoms with Crippen LogP contribution in [0.25, 0.3) is 0 Å². The summed E-state index contributed by atoms with van der Waals surface area (Å²) in [5.74, 6) is 2.58. The van der Waals surface area contributed by atoms with Gasteiger partial charge in [0, 0.05) is 19.0 Å². The highest BCUT2D eigenvalue weighted by Crippen LogP contribution is 2.35. The zero-order valence-electron chi connectivity index (χ0n) is 12.1. The van der Waals surface area contributed by atoms with E-state index < -0.39 is 0 Å². The third kappa shape index (κ3) is 2.81. The second-order valence-corrected chi connectivity index (χ2v) is 5.38. The molecule has 2 rings (SSSR count). The van der Waals surface area contributed by atoms with Crippen LogP contribution in [0.2, 0.25) is 0 Å². The number of nitrogens with zero attached hydrogens (tertiary/aromatic N) is 2. The predicted molar refractivity (Wildman–Crippen MR) is 77.6 cm³/mol. The van der Waals surface area contributed by atoms with E-state index in [1.54, 1.807) is 0 Å². The Kier molecular flexibility index (Phi) is 4.24. The van der Waals surface area contributed by atoms with Gasteiger partial charge in [-0.25, -0.2) is 9.97 Å². The SMILES string of the molecule is CCCc1nc(NC)c(C)c(NC2(CO)CCC2)n1. The highest BCUT2D eigenvalue weighted by atomic mass is 16.3. The van der Waals surface area contributed by atoms with Crippen molar-refractivity contribution in [1.29, 1.82) is 0 Å². The van der Waals surface area contributed by atoms with Gasteiger partial charge in [0.1, 0.15) is 17.5 Å². The van der Waals surface area contributed by atoms with Gasteiger partial charge in [-0.15, -0.1) is 0 Å². The molecule has 0 aliphatic heterocycles. The molecule has 0 bridgehead atoms. The summed E-state index contributed by atoms with van der Waals surface area (Å²) in [5, 5.41) is 16.1. The van der Waals surface area contributed by atoms with Crippen LogP contribution in [0.4, 0.5) is 11.6 Å². The quantitative estimate of drug-likeness (QED) is 0.734. The molecular formula is C14H24N4O. The topological polar surface area (TPSA) is 70.1 Å². The van der Waals surface area contributed by atoms with Crippen LogP contribution in [-0.4, -0.2) is 34.3 Å². The Bertz CT molecular complexity index is 438. The normalized spacial score (nSPS) is 16.8. The number of nitrogens with one attached hydrogen (secondary N) is 2. The van der Waals surface area contributed by atoms with Crippen LogP contribution in [0.3, 0.4) is 0 Å². The van der Waals surface area contributed by atoms with Gasteiger partial charge in [-0.3, -0.25) is 0 Å². The second-order valence-electron chi connectivity index (χ2n) is 5.38. The van der Waals surface area contributed by atoms with E-state index in [1.165, 1.54) is 6.42 Å². The van der Waals surface area contributed by atoms with E-state index in [-0.39, 0.29) is 12.1 Å². The van der Waals surface area contributed by atoms with Crippen molar-refractivity contribution >= 4 is 11.6 Å². The van der Waals surface area contributed by atoms with Gasteiger partial charge in [-0.1, -0.05) is 6.92 Å². The number of anilines is 2. The van der Waals surface area contributed by atoms with E-state index in [0.29, 0.717) is 0 Å². The standard InChI is InChI=1S/C14H24N4O/c1-4-6-11-16-12(15-3)10(2)13(17-11)18-14(9-19)7-5-8-14/h19H,4-9H2,1-3H3,(H2,15,16,17,18). The Labute approximate surface area is 114 Å². The van der Waals surface area contributed by atoms with Gasteiger partial charge in [0.15, 0.2) is 0 Å². The Balaban J connectivity index is 2.29. The van der Waals surface area contributed by atoms with Crippen molar-refractivity contribution < 1.29 is 5.11 Å². The summed E-state index contributed by atoms with van der Waals surface area (Å²) in [7, 11) is 1.87. The van der Waals surface area contributed by atoms with Gasteiger partial charge in [-0.2, -0.15) is 0 Å². The predicted octanol–water partition coefficient (Wildman–Crippen LogP) is 2.11. The summed E-state index contributed by atoms with van der Waals surface area (Å²) in [6.45, 7) is 4.29. The maximum absolute atomic E-state index is 9.57. The molecule has 0 saturated heterocycles. The summed E-state index contributed by atoms with van der Waals surface area (Å²) in [6.07, 6.45) is 5.07. The molecule has 3 N–H and O–H groups in total. The molecule has 1 aromatic rings. The summed E-state index contributed by atoms with van der Waals surface area (Å²) in [6, 6.07) is 0. The Morgan fingerprint density at radius 1 is 1.26 bits per heavy atom. The van der Waals surface area contributed by atoms with Gasteiger partial charge in [-0.05, 0) is 32.6 Å². The Morgan fingerprint density at radius 3 is 2.42 bits per heavy atom. The summed E-state index contributed by atoms with van der Waals surface area (Å²) >= 11 is 0. The van der Waals surface area contributed by atoms with Crippen LogP contribution in [0, 0.1) is 6.92 Å². The third-order valence-corrected chi connectivity index (χ3v) is 3.90. The first kappa shape index (κ1) is 14.1. The fraction of sp³-hybridized carbons (Fsp3) is 0.714. The molecule has 0 spiro atoms. The van der Waals surface area contributed by atoms with Crippen molar-refractivity contribution in [1.82, 2.24) is 9.97 Å². The van der Waals surface area contributed by atoms with E-state index in [1.807, 2.05) is 14.0 Å². The number of aryl methyl sites for hydroxylation is 1. The van der Waals surface area contributed by atoms with Crippen LogP contribution < -0.4 is 10.6 Å². The van der Waals surface area contributed by atoms with Gasteiger partial charge < -0.3 is 15.7 Å². The molecule has 0 radical (unpaired) electrons. The first-order valence-electron chi connectivity index (χ1n) is 7.08. The molecule has 106 valence electrons. The molecule has 0 atom stereocenters. The average molecular weight is 264 g/mol. The molecule has 0 aromatic carbocycles. The fourth-order valence-electron chi connectivity index (χ4n) is 2.44. The largest absolute Gasteiger partial charge is 0.394 e. The monoisotopic (exact) mass is 264 g/mol. The lowest BCUT2D eigenvalue weighted by Gasteiger charge is -2.41. The van der Waals surface area contributed by atoms with Crippen molar-refractivity contribution in [3.05, 3.63) is 11.4 Å². The molecule has 1 heterocycles. The van der Waals surface area contributed by atoms with Crippen LogP contribution in [0.1, 0.15) is 44.0 Å². The molecule has 0 amide bonds. The molecule has 5 nitrogen and oxygen atoms in total. The number of rotatable bonds is 6. The highest BCUT2D eigenvalue weighted by Gasteiger charge is 2.37. The van der Waals surface area contributed by atoms with Crippen molar-refractivity contribution in [3.63, 3.8) is 0 Å². The maximum Gasteiger partial charge on any atom is 0.135 e. The van der Waals surface area contributed by atoms with Crippen molar-refractivity contribution in [3.8, 4) is 0 Å². The third-order valence-electron chi connectivity index (χ3n) is 3.90. The zero-order chi connectivity index (χ0) is 13.9. The van der Waals surface area contributed by atoms with E-state index >= 15 is 0 Å². The Hall–Kier alpha value is -1.36. The Morgan fingerprint density at radius 2 is 1.95 bits per heavy atom. The van der Waals surface area contributed by atoms with Crippen molar-refractivity contribution in [2.24, 2.45) is 0 Å².